The van der Waals surface area contributed by atoms with Crippen LogP contribution in [0.25, 0.3) is 28.1 Å². The number of anilines is 2. The van der Waals surface area contributed by atoms with E-state index in [-0.39, 0.29) is 66.6 Å². The second-order valence-corrected chi connectivity index (χ2v) is 21.4. The molecule has 3 aliphatic heterocycles. The maximum atomic E-state index is 14.4. The topological polar surface area (TPSA) is 219 Å². The number of aryl methyl sites for hydroxylation is 1. The van der Waals surface area contributed by atoms with Crippen LogP contribution in [0.5, 0.6) is 5.75 Å². The number of piperidine rings is 2. The van der Waals surface area contributed by atoms with Gasteiger partial charge in [-0.2, -0.15) is 5.10 Å². The smallest absolute Gasteiger partial charge is 0.243 e. The number of benzene rings is 2. The fourth-order valence-corrected chi connectivity index (χ4v) is 11.2. The zero-order valence-electron chi connectivity index (χ0n) is 43.6. The van der Waals surface area contributed by atoms with Crippen LogP contribution in [0.3, 0.4) is 0 Å². The first-order valence-corrected chi connectivity index (χ1v) is 26.7. The fourth-order valence-electron chi connectivity index (χ4n) is 11.2. The summed E-state index contributed by atoms with van der Waals surface area (Å²) >= 11 is 0. The highest BCUT2D eigenvalue weighted by molar-refractivity contribution is 5.91. The summed E-state index contributed by atoms with van der Waals surface area (Å²) in [5, 5.41) is 41.6. The molecular weight excluding hydrogens is 949 g/mol. The minimum atomic E-state index is -0.806. The highest BCUT2D eigenvalue weighted by atomic mass is 16.5. The van der Waals surface area contributed by atoms with Gasteiger partial charge in [0.25, 0.3) is 0 Å². The summed E-state index contributed by atoms with van der Waals surface area (Å²) in [7, 11) is 0. The Morgan fingerprint density at radius 2 is 1.69 bits per heavy atom. The minimum Gasteiger partial charge on any atom is -0.507 e. The van der Waals surface area contributed by atoms with Crippen molar-refractivity contribution in [3.8, 4) is 45.7 Å². The molecule has 0 bridgehead atoms. The van der Waals surface area contributed by atoms with Crippen LogP contribution >= 0.6 is 0 Å². The molecule has 1 saturated carbocycles. The number of para-hydroxylation sites is 1. The number of phenolic OH excluding ortho intramolecular Hbond substituents is 1. The number of aromatic nitrogens is 7. The van der Waals surface area contributed by atoms with E-state index in [9.17, 15) is 19.8 Å². The molecule has 394 valence electrons. The number of aliphatic hydroxyl groups excluding tert-OH is 1. The van der Waals surface area contributed by atoms with Crippen molar-refractivity contribution in [2.75, 3.05) is 49.9 Å². The van der Waals surface area contributed by atoms with Gasteiger partial charge in [0.1, 0.15) is 29.6 Å². The number of aromatic hydroxyl groups is 1. The number of amides is 2. The van der Waals surface area contributed by atoms with Crippen molar-refractivity contribution in [2.45, 2.75) is 122 Å². The summed E-state index contributed by atoms with van der Waals surface area (Å²) in [6, 6.07) is 17.4. The van der Waals surface area contributed by atoms with Crippen LogP contribution in [0.15, 0.2) is 90.0 Å². The lowest BCUT2D eigenvalue weighted by atomic mass is 9.82. The molecule has 2 amide bonds. The minimum absolute atomic E-state index is 0.0804. The molecule has 2 aromatic carbocycles. The molecule has 1 aliphatic carbocycles. The number of nitrogens with one attached hydrogen (secondary N) is 1. The van der Waals surface area contributed by atoms with Crippen LogP contribution in [0.4, 0.5) is 11.6 Å². The van der Waals surface area contributed by atoms with Crippen LogP contribution in [0, 0.1) is 36.5 Å². The van der Waals surface area contributed by atoms with Crippen molar-refractivity contribution >= 4 is 23.5 Å². The average Bonchev–Trinajstić information content (AvgIpc) is 4.24. The predicted molar refractivity (Wildman–Crippen MR) is 284 cm³/mol. The number of phenols is 1. The van der Waals surface area contributed by atoms with E-state index in [1.54, 1.807) is 30.6 Å². The van der Waals surface area contributed by atoms with Crippen LogP contribution in [-0.2, 0) is 14.3 Å². The highest BCUT2D eigenvalue weighted by Crippen LogP contribution is 2.37. The molecule has 4 fully saturated rings. The number of likely N-dealkylation sites (tertiary alicyclic amines) is 2. The molecule has 5 N–H and O–H groups in total. The third-order valence-corrected chi connectivity index (χ3v) is 15.8. The normalized spacial score (nSPS) is 21.9. The summed E-state index contributed by atoms with van der Waals surface area (Å²) < 4.78 is 16.3. The van der Waals surface area contributed by atoms with Crippen LogP contribution in [0.1, 0.15) is 108 Å². The Morgan fingerprint density at radius 3 is 2.41 bits per heavy atom. The van der Waals surface area contributed by atoms with Crippen molar-refractivity contribution in [2.24, 2.45) is 17.8 Å². The maximum absolute atomic E-state index is 14.4. The van der Waals surface area contributed by atoms with Crippen molar-refractivity contribution in [3.05, 3.63) is 103 Å². The first kappa shape index (κ1) is 51.4. The fraction of sp³-hybridized carbons (Fsp3) is 0.491. The zero-order chi connectivity index (χ0) is 52.3. The number of nitrogens with two attached hydrogens (primary N) is 1. The Morgan fingerprint density at radius 1 is 0.933 bits per heavy atom. The van der Waals surface area contributed by atoms with Gasteiger partial charge in [0.2, 0.25) is 11.8 Å². The SMILES string of the molecule is Cc1nccn1-c1ccc([C@H](C)NC(=O)[C@@H]2C[C@@H](O)CN2C(=O)[C@@H](c2cc(N3CCC(CN4CCC(O[C@H]5C[C@H](C#C[C@@H](C)n6cc(-c7cc(-c8ccccc8O)nnc7N)cn6)C5)CC4)CC3)no2)C(C)C)cc1. The molecule has 6 aromatic rings. The zero-order valence-corrected chi connectivity index (χ0v) is 43.6. The molecule has 4 aliphatic rings. The number of ether oxygens (including phenoxy) is 1. The lowest BCUT2D eigenvalue weighted by molar-refractivity contribution is -0.141. The Kier molecular flexibility index (Phi) is 15.4. The van der Waals surface area contributed by atoms with Gasteiger partial charge in [-0.25, -0.2) is 4.98 Å². The standard InChI is InChI=1S/C57H70N12O6/c1-35(2)54(57(73)68-34-44(70)28-50(68)56(72)61-37(4)41-12-14-43(15-13-41)67-25-20-59-38(67)5)52-30-53(64-75-52)66-23-16-39(17-24-66)32-65-21-18-45(19-22-65)74-46-26-40(27-46)11-10-36(3)69-33-42(31-60-69)48-29-49(62-63-55(48)58)47-8-6-7-9-51(47)71/h6-9,12-15,20,25,29-31,33,35-37,39-40,44-46,50,54,70-71H,16-19,21-24,26-28,32,34H2,1-5H3,(H2,58,63)(H,61,72)/t36-,37+,40-,44-,46-,50+,54-/m1/s1. The molecule has 4 aromatic heterocycles. The third kappa shape index (κ3) is 11.6. The second kappa shape index (κ2) is 22.4. The Labute approximate surface area is 438 Å². The Bertz CT molecular complexity index is 2990. The summed E-state index contributed by atoms with van der Waals surface area (Å²) in [5.74, 6) is 8.95. The van der Waals surface area contributed by atoms with Gasteiger partial charge >= 0.3 is 0 Å². The van der Waals surface area contributed by atoms with E-state index in [1.165, 1.54) is 4.90 Å². The largest absolute Gasteiger partial charge is 0.507 e. The summed E-state index contributed by atoms with van der Waals surface area (Å²) in [6.45, 7) is 14.8. The molecular formula is C57H70N12O6. The lowest BCUT2D eigenvalue weighted by Gasteiger charge is -2.40. The maximum Gasteiger partial charge on any atom is 0.243 e. The van der Waals surface area contributed by atoms with E-state index in [0.717, 1.165) is 99.7 Å². The number of hydrogen-bond acceptors (Lipinski definition) is 14. The molecule has 0 unspecified atom stereocenters. The molecule has 18 nitrogen and oxygen atoms in total. The van der Waals surface area contributed by atoms with E-state index in [1.807, 2.05) is 98.7 Å². The van der Waals surface area contributed by atoms with E-state index in [4.69, 9.17) is 15.0 Å². The number of carbonyl (C=O) groups is 2. The number of carbonyl (C=O) groups excluding carboxylic acids is 2. The van der Waals surface area contributed by atoms with Crippen LogP contribution in [-0.4, -0.2) is 130 Å². The van der Waals surface area contributed by atoms with Gasteiger partial charge in [0.05, 0.1) is 36.2 Å². The van der Waals surface area contributed by atoms with Crippen LogP contribution in [0.2, 0.25) is 0 Å². The van der Waals surface area contributed by atoms with Crippen molar-refractivity contribution < 1.29 is 29.1 Å². The summed E-state index contributed by atoms with van der Waals surface area (Å²) in [5.41, 5.74) is 10.7. The predicted octanol–water partition coefficient (Wildman–Crippen LogP) is 7.10. The number of nitrogen functional groups attached to an aromatic ring is 1. The second-order valence-electron chi connectivity index (χ2n) is 21.4. The third-order valence-electron chi connectivity index (χ3n) is 15.8. The van der Waals surface area contributed by atoms with E-state index in [2.05, 4.69) is 52.4 Å². The number of nitrogens with zero attached hydrogens (tertiary/aromatic N) is 10. The Hall–Kier alpha value is -7.07. The van der Waals surface area contributed by atoms with Gasteiger partial charge in [-0.15, -0.1) is 10.2 Å². The van der Waals surface area contributed by atoms with Gasteiger partial charge in [0, 0.05) is 98.6 Å². The van der Waals surface area contributed by atoms with Gasteiger partial charge < -0.3 is 49.8 Å². The summed E-state index contributed by atoms with van der Waals surface area (Å²) in [4.78, 5) is 38.8. The monoisotopic (exact) mass is 1020 g/mol. The van der Waals surface area contributed by atoms with E-state index in [0.29, 0.717) is 34.4 Å². The van der Waals surface area contributed by atoms with E-state index >= 15 is 0 Å². The molecule has 3 saturated heterocycles. The van der Waals surface area contributed by atoms with Crippen molar-refractivity contribution in [3.63, 3.8) is 0 Å². The molecule has 75 heavy (non-hydrogen) atoms. The van der Waals surface area contributed by atoms with Gasteiger partial charge in [-0.3, -0.25) is 14.3 Å². The molecule has 0 radical (unpaired) electrons. The highest BCUT2D eigenvalue weighted by Gasteiger charge is 2.44. The first-order valence-electron chi connectivity index (χ1n) is 26.7. The Balaban J connectivity index is 0.643. The number of hydrogen-bond donors (Lipinski definition) is 4. The molecule has 18 heteroatoms. The number of β-amino-alcohol motifs (C(OH)–C–C–N with tert-alkyl or cyclic N) is 1. The number of rotatable bonds is 15. The van der Waals surface area contributed by atoms with Gasteiger partial charge in [-0.05, 0) is 107 Å². The van der Waals surface area contributed by atoms with Crippen molar-refractivity contribution in [1.29, 1.82) is 0 Å². The van der Waals surface area contributed by atoms with Crippen molar-refractivity contribution in [1.82, 2.24) is 49.8 Å². The molecule has 7 heterocycles. The lowest BCUT2D eigenvalue weighted by Crippen LogP contribution is -2.48. The quantitative estimate of drug-likeness (QED) is 0.0755. The van der Waals surface area contributed by atoms with E-state index < -0.39 is 18.1 Å². The van der Waals surface area contributed by atoms with Gasteiger partial charge in [0.15, 0.2) is 17.4 Å². The average molecular weight is 1020 g/mol. The molecule has 10 rings (SSSR count). The van der Waals surface area contributed by atoms with Gasteiger partial charge in [-0.1, -0.05) is 55.1 Å². The first-order chi connectivity index (χ1) is 36.2. The number of imidazole rings is 1. The molecule has 0 spiro atoms. The number of aliphatic hydroxyl groups is 1. The van der Waals surface area contributed by atoms with Crippen LogP contribution < -0.4 is 16.0 Å². The molecule has 5 atom stereocenters. The summed E-state index contributed by atoms with van der Waals surface area (Å²) in [6.07, 6.45) is 13.3.